The molecule has 0 radical (unpaired) electrons. The molecule has 0 aromatic heterocycles. The van der Waals surface area contributed by atoms with Crippen LogP contribution in [0.1, 0.15) is 99.3 Å². The average molecular weight is 479 g/mol. The Labute approximate surface area is 205 Å². The molecule has 4 aliphatic carbocycles. The second kappa shape index (κ2) is 8.71. The smallest absolute Gasteiger partial charge is 0.302 e. The van der Waals surface area contributed by atoms with E-state index in [0.717, 1.165) is 58.2 Å². The number of ether oxygens (including phenoxy) is 3. The summed E-state index contributed by atoms with van der Waals surface area (Å²) < 4.78 is 18.7. The van der Waals surface area contributed by atoms with E-state index in [2.05, 4.69) is 13.8 Å². The molecule has 1 aliphatic heterocycles. The molecular weight excluding hydrogens is 432 g/mol. The fraction of sp³-hybridized carbons (Fsp3) is 0.964. The summed E-state index contributed by atoms with van der Waals surface area (Å²) in [4.78, 5) is 24.0. The molecule has 2 unspecified atom stereocenters. The first kappa shape index (κ1) is 25.0. The second-order valence-corrected chi connectivity index (χ2v) is 13.3. The molecule has 5 aliphatic rings. The Hall–Kier alpha value is -0.690. The van der Waals surface area contributed by atoms with E-state index < -0.39 is 5.79 Å². The van der Waals surface area contributed by atoms with Crippen molar-refractivity contribution in [2.24, 2.45) is 34.5 Å². The molecule has 5 rings (SSSR count). The zero-order valence-electron chi connectivity index (χ0n) is 22.2. The van der Waals surface area contributed by atoms with Crippen molar-refractivity contribution in [2.75, 3.05) is 13.2 Å². The van der Waals surface area contributed by atoms with E-state index in [4.69, 9.17) is 24.0 Å². The van der Waals surface area contributed by atoms with Crippen LogP contribution in [0.4, 0.5) is 0 Å². The summed E-state index contributed by atoms with van der Waals surface area (Å²) >= 11 is 0. The van der Waals surface area contributed by atoms with E-state index in [-0.39, 0.29) is 34.6 Å². The average Bonchev–Trinajstić information content (AvgIpc) is 3.04. The number of carbonyl (C=O) groups is 1. The molecule has 6 nitrogen and oxygen atoms in total. The van der Waals surface area contributed by atoms with Crippen molar-refractivity contribution in [1.82, 2.24) is 0 Å². The van der Waals surface area contributed by atoms with Crippen LogP contribution in [-0.2, 0) is 28.8 Å². The molecule has 4 saturated carbocycles. The van der Waals surface area contributed by atoms with Crippen LogP contribution in [-0.4, -0.2) is 42.8 Å². The number of esters is 1. The minimum absolute atomic E-state index is 0.0691. The molecule has 0 aromatic carbocycles. The lowest BCUT2D eigenvalue weighted by molar-refractivity contribution is -0.431. The molecule has 34 heavy (non-hydrogen) atoms. The van der Waals surface area contributed by atoms with Gasteiger partial charge in [0.05, 0.1) is 24.2 Å². The highest BCUT2D eigenvalue weighted by atomic mass is 17.2. The Morgan fingerprint density at radius 3 is 2.35 bits per heavy atom. The van der Waals surface area contributed by atoms with Crippen molar-refractivity contribution in [3.8, 4) is 0 Å². The lowest BCUT2D eigenvalue weighted by Gasteiger charge is -2.63. The van der Waals surface area contributed by atoms with Gasteiger partial charge in [-0.05, 0) is 101 Å². The van der Waals surface area contributed by atoms with Crippen molar-refractivity contribution in [3.05, 3.63) is 0 Å². The van der Waals surface area contributed by atoms with Gasteiger partial charge in [-0.15, -0.1) is 0 Å². The van der Waals surface area contributed by atoms with Crippen LogP contribution < -0.4 is 0 Å². The molecule has 1 heterocycles. The fourth-order valence-electron chi connectivity index (χ4n) is 8.85. The molecule has 194 valence electrons. The molecule has 5 fully saturated rings. The van der Waals surface area contributed by atoms with Gasteiger partial charge in [-0.3, -0.25) is 4.79 Å². The normalized spacial score (nSPS) is 45.8. The van der Waals surface area contributed by atoms with Crippen molar-refractivity contribution >= 4 is 5.97 Å². The summed E-state index contributed by atoms with van der Waals surface area (Å²) in [5.41, 5.74) is -0.351. The second-order valence-electron chi connectivity index (χ2n) is 13.3. The number of carbonyl (C=O) groups excluding carboxylic acids is 1. The van der Waals surface area contributed by atoms with Crippen LogP contribution in [0.2, 0.25) is 0 Å². The van der Waals surface area contributed by atoms with Gasteiger partial charge in [0.25, 0.3) is 0 Å². The van der Waals surface area contributed by atoms with E-state index in [1.165, 1.54) is 19.8 Å². The lowest BCUT2D eigenvalue weighted by Crippen LogP contribution is -2.65. The molecular formula is C28H46O6. The number of fused-ring (bicyclic) bond motifs is 6. The van der Waals surface area contributed by atoms with Crippen molar-refractivity contribution < 1.29 is 28.8 Å². The standard InChI is InChI=1S/C28H46O6/c1-18(29)32-20-10-12-26(5)19(16-20)8-9-21-22-11-13-28(30-14-7-15-31-28)27(22,6)24(17-23(21)26)33-34-25(2,3)4/h19-24H,7-17H2,1-6H3/t19-,20-,21+,22+,23?,24?,26+,27-/m1/s1. The minimum Gasteiger partial charge on any atom is -0.463 e. The summed E-state index contributed by atoms with van der Waals surface area (Å²) in [7, 11) is 0. The van der Waals surface area contributed by atoms with Crippen molar-refractivity contribution in [3.63, 3.8) is 0 Å². The number of rotatable bonds is 3. The van der Waals surface area contributed by atoms with Gasteiger partial charge in [0.1, 0.15) is 12.2 Å². The van der Waals surface area contributed by atoms with Crippen LogP contribution in [0.5, 0.6) is 0 Å². The van der Waals surface area contributed by atoms with Gasteiger partial charge in [-0.25, -0.2) is 9.78 Å². The molecule has 8 atom stereocenters. The predicted molar refractivity (Wildman–Crippen MR) is 128 cm³/mol. The van der Waals surface area contributed by atoms with Crippen LogP contribution in [0.15, 0.2) is 0 Å². The minimum atomic E-state index is -0.558. The summed E-state index contributed by atoms with van der Waals surface area (Å²) in [6.45, 7) is 14.1. The molecule has 0 aromatic rings. The van der Waals surface area contributed by atoms with Crippen LogP contribution in [0.25, 0.3) is 0 Å². The van der Waals surface area contributed by atoms with E-state index in [9.17, 15) is 4.79 Å². The fourth-order valence-corrected chi connectivity index (χ4v) is 8.85. The Morgan fingerprint density at radius 2 is 1.68 bits per heavy atom. The van der Waals surface area contributed by atoms with Gasteiger partial charge < -0.3 is 14.2 Å². The quantitative estimate of drug-likeness (QED) is 0.289. The van der Waals surface area contributed by atoms with E-state index >= 15 is 0 Å². The summed E-state index contributed by atoms with van der Waals surface area (Å²) in [5, 5.41) is 0. The Kier molecular flexibility index (Phi) is 6.40. The number of hydrogen-bond donors (Lipinski definition) is 0. The lowest BCUT2D eigenvalue weighted by atomic mass is 9.44. The van der Waals surface area contributed by atoms with E-state index in [0.29, 0.717) is 23.7 Å². The summed E-state index contributed by atoms with van der Waals surface area (Å²) in [5.74, 6) is 1.62. The maximum absolute atomic E-state index is 11.6. The summed E-state index contributed by atoms with van der Waals surface area (Å²) in [6.07, 6.45) is 9.57. The van der Waals surface area contributed by atoms with Gasteiger partial charge in [0.15, 0.2) is 5.79 Å². The molecule has 0 N–H and O–H groups in total. The highest BCUT2D eigenvalue weighted by Gasteiger charge is 2.71. The first-order chi connectivity index (χ1) is 16.0. The topological polar surface area (TPSA) is 63.2 Å². The molecule has 0 amide bonds. The van der Waals surface area contributed by atoms with Gasteiger partial charge in [-0.2, -0.15) is 0 Å². The highest BCUT2D eigenvalue weighted by Crippen LogP contribution is 2.70. The molecule has 0 bridgehead atoms. The SMILES string of the molecule is CC(=O)O[C@@H]1CC[C@]2(C)C3CC(OOC(C)(C)C)[C@@]4(C)[C@@H](CCC45OCCCO5)[C@@H]3CC[C@@H]2C1. The zero-order valence-corrected chi connectivity index (χ0v) is 22.2. The molecule has 6 heteroatoms. The Balaban J connectivity index is 1.45. The Bertz CT molecular complexity index is 769. The van der Waals surface area contributed by atoms with Gasteiger partial charge >= 0.3 is 5.97 Å². The third-order valence-electron chi connectivity index (χ3n) is 10.4. The van der Waals surface area contributed by atoms with E-state index in [1.807, 2.05) is 20.8 Å². The van der Waals surface area contributed by atoms with Crippen LogP contribution in [0.3, 0.4) is 0 Å². The largest absolute Gasteiger partial charge is 0.463 e. The molecule has 1 spiro atoms. The monoisotopic (exact) mass is 478 g/mol. The van der Waals surface area contributed by atoms with Gasteiger partial charge in [-0.1, -0.05) is 13.8 Å². The van der Waals surface area contributed by atoms with Crippen molar-refractivity contribution in [1.29, 1.82) is 0 Å². The summed E-state index contributed by atoms with van der Waals surface area (Å²) in [6, 6.07) is 0. The van der Waals surface area contributed by atoms with Gasteiger partial charge in [0.2, 0.25) is 0 Å². The predicted octanol–water partition coefficient (Wildman–Crippen LogP) is 5.82. The van der Waals surface area contributed by atoms with Crippen LogP contribution >= 0.6 is 0 Å². The van der Waals surface area contributed by atoms with Crippen molar-refractivity contribution in [2.45, 2.75) is 123 Å². The zero-order chi connectivity index (χ0) is 24.4. The first-order valence-corrected chi connectivity index (χ1v) is 13.8. The molecule has 1 saturated heterocycles. The maximum atomic E-state index is 11.6. The maximum Gasteiger partial charge on any atom is 0.302 e. The first-order valence-electron chi connectivity index (χ1n) is 13.8. The van der Waals surface area contributed by atoms with Gasteiger partial charge in [0, 0.05) is 13.3 Å². The number of hydrogen-bond acceptors (Lipinski definition) is 6. The highest BCUT2D eigenvalue weighted by molar-refractivity contribution is 5.66. The third-order valence-corrected chi connectivity index (χ3v) is 10.4. The van der Waals surface area contributed by atoms with E-state index in [1.54, 1.807) is 0 Å². The van der Waals surface area contributed by atoms with Crippen LogP contribution in [0, 0.1) is 34.5 Å². The third kappa shape index (κ3) is 3.95. The Morgan fingerprint density at radius 1 is 0.941 bits per heavy atom.